The molecule has 6 heteroatoms. The van der Waals surface area contributed by atoms with Gasteiger partial charge in [0.2, 0.25) is 5.96 Å². The number of likely N-dealkylation sites (N-methyl/N-ethyl adjacent to an activating group) is 1. The fourth-order valence-electron chi connectivity index (χ4n) is 0.493. The molecule has 72 valence electrons. The SMILES string of the molecule is CNCCOCCON=C(N)N. The zero-order valence-electron chi connectivity index (χ0n) is 7.25. The second-order valence-corrected chi connectivity index (χ2v) is 2.07. The lowest BCUT2D eigenvalue weighted by molar-refractivity contribution is 0.0520. The molecular weight excluding hydrogens is 160 g/mol. The van der Waals surface area contributed by atoms with Crippen LogP contribution in [0.25, 0.3) is 0 Å². The number of nitrogens with one attached hydrogen (secondary N) is 1. The van der Waals surface area contributed by atoms with Gasteiger partial charge in [0.05, 0.1) is 13.2 Å². The Hall–Kier alpha value is -1.01. The van der Waals surface area contributed by atoms with Crippen LogP contribution >= 0.6 is 0 Å². The van der Waals surface area contributed by atoms with Crippen molar-refractivity contribution in [2.45, 2.75) is 0 Å². The van der Waals surface area contributed by atoms with E-state index in [1.54, 1.807) is 0 Å². The van der Waals surface area contributed by atoms with Gasteiger partial charge in [-0.25, -0.2) is 0 Å². The third-order valence-electron chi connectivity index (χ3n) is 0.985. The monoisotopic (exact) mass is 176 g/mol. The Kier molecular flexibility index (Phi) is 7.41. The van der Waals surface area contributed by atoms with Crippen molar-refractivity contribution < 1.29 is 9.57 Å². The van der Waals surface area contributed by atoms with Gasteiger partial charge in [-0.2, -0.15) is 0 Å². The van der Waals surface area contributed by atoms with Crippen LogP contribution in [0.4, 0.5) is 0 Å². The molecule has 0 aliphatic rings. The summed E-state index contributed by atoms with van der Waals surface area (Å²) < 4.78 is 5.12. The van der Waals surface area contributed by atoms with Gasteiger partial charge in [-0.1, -0.05) is 0 Å². The largest absolute Gasteiger partial charge is 0.390 e. The number of guanidine groups is 1. The van der Waals surface area contributed by atoms with Crippen molar-refractivity contribution in [3.63, 3.8) is 0 Å². The molecule has 0 aromatic heterocycles. The first-order valence-electron chi connectivity index (χ1n) is 3.70. The summed E-state index contributed by atoms with van der Waals surface area (Å²) in [7, 11) is 1.86. The number of nitrogens with zero attached hydrogens (tertiary/aromatic N) is 1. The zero-order valence-corrected chi connectivity index (χ0v) is 7.25. The lowest BCUT2D eigenvalue weighted by atomic mass is 10.7. The fourth-order valence-corrected chi connectivity index (χ4v) is 0.493. The summed E-state index contributed by atoms with van der Waals surface area (Å²) in [6.45, 7) is 2.32. The average molecular weight is 176 g/mol. The first-order valence-corrected chi connectivity index (χ1v) is 3.70. The van der Waals surface area contributed by atoms with Crippen molar-refractivity contribution in [2.24, 2.45) is 16.6 Å². The minimum Gasteiger partial charge on any atom is -0.390 e. The predicted octanol–water partition coefficient (Wildman–Crippen LogP) is -1.57. The number of ether oxygens (including phenoxy) is 1. The van der Waals surface area contributed by atoms with E-state index in [1.165, 1.54) is 0 Å². The molecule has 0 aromatic rings. The Morgan fingerprint density at radius 1 is 1.33 bits per heavy atom. The molecule has 0 amide bonds. The van der Waals surface area contributed by atoms with E-state index < -0.39 is 0 Å². The van der Waals surface area contributed by atoms with Crippen LogP contribution in [0.3, 0.4) is 0 Å². The molecule has 0 spiro atoms. The first-order chi connectivity index (χ1) is 5.77. The molecule has 0 aliphatic carbocycles. The molecule has 0 atom stereocenters. The Bertz CT molecular complexity index is 125. The van der Waals surface area contributed by atoms with Gasteiger partial charge in [0.1, 0.15) is 6.61 Å². The van der Waals surface area contributed by atoms with Crippen LogP contribution in [-0.2, 0) is 9.57 Å². The maximum atomic E-state index is 5.12. The van der Waals surface area contributed by atoms with E-state index in [0.717, 1.165) is 6.54 Å². The van der Waals surface area contributed by atoms with Crippen molar-refractivity contribution in [1.82, 2.24) is 5.32 Å². The van der Waals surface area contributed by atoms with E-state index in [2.05, 4.69) is 15.3 Å². The van der Waals surface area contributed by atoms with E-state index in [-0.39, 0.29) is 5.96 Å². The predicted molar refractivity (Wildman–Crippen MR) is 46.5 cm³/mol. The van der Waals surface area contributed by atoms with E-state index in [0.29, 0.717) is 19.8 Å². The third kappa shape index (κ3) is 8.99. The highest BCUT2D eigenvalue weighted by Crippen LogP contribution is 1.77. The van der Waals surface area contributed by atoms with Gasteiger partial charge < -0.3 is 26.4 Å². The van der Waals surface area contributed by atoms with Gasteiger partial charge in [-0.15, -0.1) is 0 Å². The summed E-state index contributed by atoms with van der Waals surface area (Å²) in [5, 5.41) is 6.26. The summed E-state index contributed by atoms with van der Waals surface area (Å²) in [4.78, 5) is 4.67. The van der Waals surface area contributed by atoms with Crippen molar-refractivity contribution >= 4 is 5.96 Å². The first kappa shape index (κ1) is 11.0. The molecule has 0 saturated heterocycles. The molecule has 5 N–H and O–H groups in total. The maximum absolute atomic E-state index is 5.12. The van der Waals surface area contributed by atoms with E-state index in [4.69, 9.17) is 16.2 Å². The van der Waals surface area contributed by atoms with Crippen LogP contribution < -0.4 is 16.8 Å². The molecule has 0 aliphatic heterocycles. The lowest BCUT2D eigenvalue weighted by Crippen LogP contribution is -2.23. The van der Waals surface area contributed by atoms with Crippen LogP contribution in [0.5, 0.6) is 0 Å². The van der Waals surface area contributed by atoms with E-state index in [1.807, 2.05) is 7.05 Å². The molecule has 0 rings (SSSR count). The van der Waals surface area contributed by atoms with Crippen LogP contribution in [0, 0.1) is 0 Å². The van der Waals surface area contributed by atoms with Gasteiger partial charge >= 0.3 is 0 Å². The smallest absolute Gasteiger partial charge is 0.228 e. The van der Waals surface area contributed by atoms with Crippen LogP contribution in [-0.4, -0.2) is 39.4 Å². The fraction of sp³-hybridized carbons (Fsp3) is 0.833. The highest BCUT2D eigenvalue weighted by Gasteiger charge is 1.87. The zero-order chi connectivity index (χ0) is 9.23. The highest BCUT2D eigenvalue weighted by molar-refractivity contribution is 5.74. The summed E-state index contributed by atoms with van der Waals surface area (Å²) >= 11 is 0. The van der Waals surface area contributed by atoms with Crippen molar-refractivity contribution in [3.8, 4) is 0 Å². The molecule has 0 heterocycles. The number of hydrogen-bond donors (Lipinski definition) is 3. The number of oxime groups is 1. The van der Waals surface area contributed by atoms with Crippen LogP contribution in [0.1, 0.15) is 0 Å². The molecule has 0 saturated carbocycles. The minimum absolute atomic E-state index is 0.0785. The Morgan fingerprint density at radius 2 is 2.08 bits per heavy atom. The molecule has 12 heavy (non-hydrogen) atoms. The second-order valence-electron chi connectivity index (χ2n) is 2.07. The van der Waals surface area contributed by atoms with Crippen LogP contribution in [0.2, 0.25) is 0 Å². The standard InChI is InChI=1S/C6H16N4O2/c1-9-2-3-11-4-5-12-10-6(7)8/h9H,2-5H2,1H3,(H4,7,8,10). The van der Waals surface area contributed by atoms with Gasteiger partial charge in [0.15, 0.2) is 0 Å². The second kappa shape index (κ2) is 8.09. The van der Waals surface area contributed by atoms with Gasteiger partial charge in [-0.05, 0) is 12.2 Å². The summed E-state index contributed by atoms with van der Waals surface area (Å²) in [6, 6.07) is 0. The topological polar surface area (TPSA) is 94.9 Å². The summed E-state index contributed by atoms with van der Waals surface area (Å²) in [6.07, 6.45) is 0. The third-order valence-corrected chi connectivity index (χ3v) is 0.985. The maximum Gasteiger partial charge on any atom is 0.228 e. The lowest BCUT2D eigenvalue weighted by Gasteiger charge is -2.02. The molecule has 6 nitrogen and oxygen atoms in total. The van der Waals surface area contributed by atoms with Gasteiger partial charge in [0.25, 0.3) is 0 Å². The Morgan fingerprint density at radius 3 is 2.67 bits per heavy atom. The number of nitrogens with two attached hydrogens (primary N) is 2. The van der Waals surface area contributed by atoms with E-state index in [9.17, 15) is 0 Å². The van der Waals surface area contributed by atoms with E-state index >= 15 is 0 Å². The summed E-state index contributed by atoms with van der Waals surface area (Å²) in [5.41, 5.74) is 10.0. The summed E-state index contributed by atoms with van der Waals surface area (Å²) in [5.74, 6) is -0.0785. The molecule has 0 fully saturated rings. The molecule has 0 unspecified atom stereocenters. The highest BCUT2D eigenvalue weighted by atomic mass is 16.6. The van der Waals surface area contributed by atoms with Crippen molar-refractivity contribution in [3.05, 3.63) is 0 Å². The Labute approximate surface area is 71.9 Å². The normalized spacial score (nSPS) is 9.42. The van der Waals surface area contributed by atoms with Crippen molar-refractivity contribution in [2.75, 3.05) is 33.4 Å². The van der Waals surface area contributed by atoms with Crippen LogP contribution in [0.15, 0.2) is 5.16 Å². The average Bonchev–Trinajstić information content (AvgIpc) is 2.02. The number of hydrogen-bond acceptors (Lipinski definition) is 4. The quantitative estimate of drug-likeness (QED) is 0.188. The van der Waals surface area contributed by atoms with Gasteiger partial charge in [0, 0.05) is 6.54 Å². The molecule has 0 aromatic carbocycles. The number of rotatable bonds is 7. The van der Waals surface area contributed by atoms with Gasteiger partial charge in [-0.3, -0.25) is 0 Å². The van der Waals surface area contributed by atoms with Crippen molar-refractivity contribution in [1.29, 1.82) is 0 Å². The molecule has 0 radical (unpaired) electrons. The molecular formula is C6H16N4O2. The Balaban J connectivity index is 2.96. The minimum atomic E-state index is -0.0785. The molecule has 0 bridgehead atoms.